The van der Waals surface area contributed by atoms with Gasteiger partial charge in [0.2, 0.25) is 0 Å². The Hall–Kier alpha value is -2.12. The Kier molecular flexibility index (Phi) is 3.54. The minimum absolute atomic E-state index is 0.0732. The Bertz CT molecular complexity index is 969. The van der Waals surface area contributed by atoms with Gasteiger partial charge in [0.1, 0.15) is 11.6 Å². The van der Waals surface area contributed by atoms with E-state index in [4.69, 9.17) is 11.6 Å². The van der Waals surface area contributed by atoms with Crippen molar-refractivity contribution in [2.75, 3.05) is 4.72 Å². The lowest BCUT2D eigenvalue weighted by Gasteiger charge is -2.08. The fourth-order valence-corrected chi connectivity index (χ4v) is 3.31. The molecule has 0 aliphatic rings. The van der Waals surface area contributed by atoms with E-state index in [1.165, 1.54) is 24.3 Å². The van der Waals surface area contributed by atoms with E-state index in [0.717, 1.165) is 6.07 Å². The number of halogens is 2. The summed E-state index contributed by atoms with van der Waals surface area (Å²) in [7, 11) is -3.80. The fraction of sp³-hybridized carbons (Fsp3) is 0.0714. The second-order valence-electron chi connectivity index (χ2n) is 4.74. The molecule has 0 radical (unpaired) electrons. The molecule has 0 saturated carbocycles. The number of hydrogen-bond acceptors (Lipinski definition) is 3. The first-order valence-electron chi connectivity index (χ1n) is 6.29. The van der Waals surface area contributed by atoms with Crippen LogP contribution in [-0.2, 0) is 10.0 Å². The first-order chi connectivity index (χ1) is 10.3. The molecule has 22 heavy (non-hydrogen) atoms. The van der Waals surface area contributed by atoms with E-state index in [1.807, 2.05) is 0 Å². The standard InChI is InChI=1S/C14H11ClFN3O2S/c1-8-17-13-5-3-10(7-14(13)18-8)22(20,21)19-9-2-4-12(16)11(15)6-9/h2-7,19H,1H3,(H,17,18). The lowest BCUT2D eigenvalue weighted by molar-refractivity contribution is 0.601. The van der Waals surface area contributed by atoms with Crippen molar-refractivity contribution in [2.45, 2.75) is 11.8 Å². The van der Waals surface area contributed by atoms with Gasteiger partial charge < -0.3 is 4.98 Å². The molecule has 1 aromatic heterocycles. The molecule has 5 nitrogen and oxygen atoms in total. The number of aromatic nitrogens is 2. The van der Waals surface area contributed by atoms with Gasteiger partial charge in [-0.3, -0.25) is 4.72 Å². The SMILES string of the molecule is Cc1nc2ccc(S(=O)(=O)Nc3ccc(F)c(Cl)c3)cc2[nH]1. The largest absolute Gasteiger partial charge is 0.342 e. The van der Waals surface area contributed by atoms with E-state index >= 15 is 0 Å². The summed E-state index contributed by atoms with van der Waals surface area (Å²) in [6.07, 6.45) is 0. The van der Waals surface area contributed by atoms with Crippen LogP contribution in [0.1, 0.15) is 5.82 Å². The molecule has 114 valence electrons. The van der Waals surface area contributed by atoms with Crippen LogP contribution in [0.25, 0.3) is 11.0 Å². The number of nitrogens with one attached hydrogen (secondary N) is 2. The summed E-state index contributed by atoms with van der Waals surface area (Å²) in [6, 6.07) is 8.18. The van der Waals surface area contributed by atoms with Crippen LogP contribution in [0.2, 0.25) is 5.02 Å². The monoisotopic (exact) mass is 339 g/mol. The number of hydrogen-bond donors (Lipinski definition) is 2. The number of benzene rings is 2. The van der Waals surface area contributed by atoms with Crippen LogP contribution in [0, 0.1) is 12.7 Å². The average Bonchev–Trinajstić information content (AvgIpc) is 2.81. The van der Waals surface area contributed by atoms with E-state index in [9.17, 15) is 12.8 Å². The molecule has 0 atom stereocenters. The Balaban J connectivity index is 1.98. The number of sulfonamides is 1. The third kappa shape index (κ3) is 2.77. The zero-order valence-corrected chi connectivity index (χ0v) is 13.0. The van der Waals surface area contributed by atoms with E-state index < -0.39 is 15.8 Å². The maximum absolute atomic E-state index is 13.1. The molecule has 3 rings (SSSR count). The van der Waals surface area contributed by atoms with Crippen molar-refractivity contribution < 1.29 is 12.8 Å². The Labute approximate surface area is 131 Å². The van der Waals surface area contributed by atoms with E-state index in [1.54, 1.807) is 13.0 Å². The second kappa shape index (κ2) is 5.26. The van der Waals surface area contributed by atoms with Gasteiger partial charge in [0.05, 0.1) is 26.6 Å². The molecule has 0 aliphatic heterocycles. The van der Waals surface area contributed by atoms with Crippen molar-refractivity contribution in [1.82, 2.24) is 9.97 Å². The zero-order valence-electron chi connectivity index (χ0n) is 11.4. The third-order valence-electron chi connectivity index (χ3n) is 3.05. The lowest BCUT2D eigenvalue weighted by Crippen LogP contribution is -2.12. The summed E-state index contributed by atoms with van der Waals surface area (Å²) in [5, 5.41) is -0.153. The third-order valence-corrected chi connectivity index (χ3v) is 4.72. The van der Waals surface area contributed by atoms with E-state index in [-0.39, 0.29) is 15.6 Å². The van der Waals surface area contributed by atoms with Crippen LogP contribution in [0.3, 0.4) is 0 Å². The number of anilines is 1. The van der Waals surface area contributed by atoms with Gasteiger partial charge in [-0.1, -0.05) is 11.6 Å². The van der Waals surface area contributed by atoms with Gasteiger partial charge in [0, 0.05) is 0 Å². The molecule has 0 fully saturated rings. The van der Waals surface area contributed by atoms with Crippen molar-refractivity contribution in [1.29, 1.82) is 0 Å². The van der Waals surface area contributed by atoms with Crippen molar-refractivity contribution in [3.63, 3.8) is 0 Å². The van der Waals surface area contributed by atoms with Crippen LogP contribution < -0.4 is 4.72 Å². The summed E-state index contributed by atoms with van der Waals surface area (Å²) in [6.45, 7) is 1.78. The Morgan fingerprint density at radius 1 is 1.23 bits per heavy atom. The van der Waals surface area contributed by atoms with Crippen LogP contribution >= 0.6 is 11.6 Å². The van der Waals surface area contributed by atoms with Crippen LogP contribution in [-0.4, -0.2) is 18.4 Å². The maximum atomic E-state index is 13.1. The van der Waals surface area contributed by atoms with Crippen molar-refractivity contribution in [2.24, 2.45) is 0 Å². The number of fused-ring (bicyclic) bond motifs is 1. The second-order valence-corrected chi connectivity index (χ2v) is 6.83. The van der Waals surface area contributed by atoms with Gasteiger partial charge in [0.25, 0.3) is 10.0 Å². The highest BCUT2D eigenvalue weighted by molar-refractivity contribution is 7.92. The first kappa shape index (κ1) is 14.8. The van der Waals surface area contributed by atoms with Crippen molar-refractivity contribution >= 4 is 38.3 Å². The topological polar surface area (TPSA) is 74.8 Å². The molecule has 0 saturated heterocycles. The molecule has 0 spiro atoms. The summed E-state index contributed by atoms with van der Waals surface area (Å²) >= 11 is 5.65. The number of H-pyrrole nitrogens is 1. The molecule has 0 aliphatic carbocycles. The Morgan fingerprint density at radius 3 is 2.73 bits per heavy atom. The van der Waals surface area contributed by atoms with Gasteiger partial charge in [-0.2, -0.15) is 0 Å². The lowest BCUT2D eigenvalue weighted by atomic mass is 10.3. The van der Waals surface area contributed by atoms with Crippen molar-refractivity contribution in [3.05, 3.63) is 53.1 Å². The van der Waals surface area contributed by atoms with E-state index in [2.05, 4.69) is 14.7 Å². The van der Waals surface area contributed by atoms with Crippen LogP contribution in [0.4, 0.5) is 10.1 Å². The van der Waals surface area contributed by atoms with Crippen LogP contribution in [0.15, 0.2) is 41.3 Å². The number of imidazole rings is 1. The normalized spacial score (nSPS) is 11.8. The summed E-state index contributed by atoms with van der Waals surface area (Å²) in [5.41, 5.74) is 1.49. The number of rotatable bonds is 3. The molecule has 2 N–H and O–H groups in total. The Morgan fingerprint density at radius 2 is 2.00 bits per heavy atom. The number of aryl methyl sites for hydroxylation is 1. The van der Waals surface area contributed by atoms with Crippen molar-refractivity contribution in [3.8, 4) is 0 Å². The summed E-state index contributed by atoms with van der Waals surface area (Å²) in [4.78, 5) is 7.26. The minimum atomic E-state index is -3.80. The van der Waals surface area contributed by atoms with Gasteiger partial charge in [-0.25, -0.2) is 17.8 Å². The van der Waals surface area contributed by atoms with E-state index in [0.29, 0.717) is 16.9 Å². The molecule has 1 heterocycles. The molecule has 0 unspecified atom stereocenters. The van der Waals surface area contributed by atoms with Crippen LogP contribution in [0.5, 0.6) is 0 Å². The van der Waals surface area contributed by atoms with Gasteiger partial charge in [-0.15, -0.1) is 0 Å². The molecule has 2 aromatic carbocycles. The minimum Gasteiger partial charge on any atom is -0.342 e. The van der Waals surface area contributed by atoms with Gasteiger partial charge in [-0.05, 0) is 43.3 Å². The molecule has 8 heteroatoms. The quantitative estimate of drug-likeness (QED) is 0.767. The average molecular weight is 340 g/mol. The van der Waals surface area contributed by atoms with Gasteiger partial charge >= 0.3 is 0 Å². The fourth-order valence-electron chi connectivity index (χ4n) is 2.06. The zero-order chi connectivity index (χ0) is 15.9. The summed E-state index contributed by atoms with van der Waals surface area (Å²) < 4.78 is 40.2. The molecular weight excluding hydrogens is 329 g/mol. The first-order valence-corrected chi connectivity index (χ1v) is 8.15. The highest BCUT2D eigenvalue weighted by atomic mass is 35.5. The molecule has 3 aromatic rings. The molecule has 0 bridgehead atoms. The predicted molar refractivity (Wildman–Crippen MR) is 83.0 cm³/mol. The summed E-state index contributed by atoms with van der Waals surface area (Å²) in [5.74, 6) is 0.0850. The molecular formula is C14H11ClFN3O2S. The number of aromatic amines is 1. The highest BCUT2D eigenvalue weighted by Crippen LogP contribution is 2.23. The highest BCUT2D eigenvalue weighted by Gasteiger charge is 2.16. The predicted octanol–water partition coefficient (Wildman–Crippen LogP) is 3.46. The number of nitrogens with zero attached hydrogens (tertiary/aromatic N) is 1. The maximum Gasteiger partial charge on any atom is 0.261 e. The van der Waals surface area contributed by atoms with Gasteiger partial charge in [0.15, 0.2) is 0 Å². The molecule has 0 amide bonds. The smallest absolute Gasteiger partial charge is 0.261 e.